The zero-order valence-corrected chi connectivity index (χ0v) is 12.3. The van der Waals surface area contributed by atoms with Crippen molar-refractivity contribution in [2.45, 2.75) is 26.8 Å². The molecule has 1 atom stereocenters. The molecule has 0 spiro atoms. The molecule has 0 aromatic heterocycles. The van der Waals surface area contributed by atoms with Crippen molar-refractivity contribution in [3.63, 3.8) is 0 Å². The summed E-state index contributed by atoms with van der Waals surface area (Å²) in [6.07, 6.45) is 0.874. The minimum absolute atomic E-state index is 0.0472. The van der Waals surface area contributed by atoms with Gasteiger partial charge in [0.25, 0.3) is 0 Å². The first-order chi connectivity index (χ1) is 9.02. The monoisotopic (exact) mass is 282 g/mol. The van der Waals surface area contributed by atoms with Crippen molar-refractivity contribution in [2.75, 3.05) is 16.8 Å². The number of anilines is 1. The number of amides is 1. The fraction of sp³-hybridized carbons (Fsp3) is 0.500. The second-order valence-corrected chi connectivity index (χ2v) is 6.46. The van der Waals surface area contributed by atoms with Gasteiger partial charge >= 0.3 is 0 Å². The van der Waals surface area contributed by atoms with Crippen molar-refractivity contribution >= 4 is 22.4 Å². The number of hydrogen-bond acceptors (Lipinski definition) is 3. The van der Waals surface area contributed by atoms with E-state index in [0.717, 1.165) is 12.0 Å². The molecule has 0 heterocycles. The lowest BCUT2D eigenvalue weighted by atomic mass is 10.2. The van der Waals surface area contributed by atoms with Gasteiger partial charge in [-0.1, -0.05) is 32.0 Å². The number of nitrogens with two attached hydrogens (primary N) is 1. The standard InChI is InChI=1S/C14H22N2O2S/c1-11(2)7-8-19(18)10-14(17)16-13-6-4-3-5-12(13)9-15/h3-6,11H,7-10,15H2,1-2H3,(H,16,17). The molecule has 1 rings (SSSR count). The van der Waals surface area contributed by atoms with Gasteiger partial charge in [0, 0.05) is 28.8 Å². The number of carbonyl (C=O) groups excluding carboxylic acids is 1. The Balaban J connectivity index is 2.49. The lowest BCUT2D eigenvalue weighted by Crippen LogP contribution is -2.22. The van der Waals surface area contributed by atoms with Crippen LogP contribution in [-0.4, -0.2) is 21.6 Å². The second kappa shape index (κ2) is 8.07. The second-order valence-electron chi connectivity index (χ2n) is 4.88. The van der Waals surface area contributed by atoms with E-state index in [0.29, 0.717) is 23.9 Å². The molecule has 1 unspecified atom stereocenters. The quantitative estimate of drug-likeness (QED) is 0.802. The molecule has 0 aliphatic rings. The summed E-state index contributed by atoms with van der Waals surface area (Å²) in [7, 11) is -1.10. The Morgan fingerprint density at radius 3 is 2.68 bits per heavy atom. The highest BCUT2D eigenvalue weighted by Crippen LogP contribution is 2.14. The first-order valence-corrected chi connectivity index (χ1v) is 7.94. The maximum absolute atomic E-state index is 11.8. The SMILES string of the molecule is CC(C)CCS(=O)CC(=O)Nc1ccccc1CN. The third-order valence-electron chi connectivity index (χ3n) is 2.73. The molecule has 106 valence electrons. The molecule has 0 aliphatic heterocycles. The summed E-state index contributed by atoms with van der Waals surface area (Å²) < 4.78 is 11.7. The Labute approximate surface area is 117 Å². The van der Waals surface area contributed by atoms with Crippen molar-refractivity contribution in [1.82, 2.24) is 0 Å². The van der Waals surface area contributed by atoms with Crippen LogP contribution in [0.3, 0.4) is 0 Å². The molecule has 0 saturated carbocycles. The van der Waals surface area contributed by atoms with E-state index < -0.39 is 10.8 Å². The average molecular weight is 282 g/mol. The summed E-state index contributed by atoms with van der Waals surface area (Å²) in [6.45, 7) is 4.52. The van der Waals surface area contributed by atoms with Crippen LogP contribution >= 0.6 is 0 Å². The molecule has 0 fully saturated rings. The molecule has 1 aromatic rings. The molecular formula is C14H22N2O2S. The van der Waals surface area contributed by atoms with Crippen LogP contribution in [0.1, 0.15) is 25.8 Å². The van der Waals surface area contributed by atoms with E-state index in [9.17, 15) is 9.00 Å². The minimum atomic E-state index is -1.10. The van der Waals surface area contributed by atoms with Gasteiger partial charge in [-0.3, -0.25) is 9.00 Å². The summed E-state index contributed by atoms with van der Waals surface area (Å²) in [4.78, 5) is 11.8. The van der Waals surface area contributed by atoms with Gasteiger partial charge in [-0.05, 0) is 24.0 Å². The van der Waals surface area contributed by atoms with Gasteiger partial charge in [0.2, 0.25) is 5.91 Å². The molecule has 19 heavy (non-hydrogen) atoms. The summed E-state index contributed by atoms with van der Waals surface area (Å²) >= 11 is 0. The fourth-order valence-corrected chi connectivity index (χ4v) is 2.84. The van der Waals surface area contributed by atoms with Gasteiger partial charge in [-0.15, -0.1) is 0 Å². The number of carbonyl (C=O) groups is 1. The van der Waals surface area contributed by atoms with Crippen LogP contribution in [0.2, 0.25) is 0 Å². The van der Waals surface area contributed by atoms with Crippen molar-refractivity contribution in [1.29, 1.82) is 0 Å². The van der Waals surface area contributed by atoms with Crippen LogP contribution < -0.4 is 11.1 Å². The summed E-state index contributed by atoms with van der Waals surface area (Å²) in [5.74, 6) is 0.905. The molecule has 4 nitrogen and oxygen atoms in total. The third kappa shape index (κ3) is 5.98. The highest BCUT2D eigenvalue weighted by Gasteiger charge is 2.10. The molecular weight excluding hydrogens is 260 g/mol. The van der Waals surface area contributed by atoms with Crippen LogP contribution in [-0.2, 0) is 22.1 Å². The molecule has 1 aromatic carbocycles. The lowest BCUT2D eigenvalue weighted by molar-refractivity contribution is -0.113. The Kier molecular flexibility index (Phi) is 6.73. The van der Waals surface area contributed by atoms with Crippen molar-refractivity contribution < 1.29 is 9.00 Å². The predicted octanol–water partition coefficient (Wildman–Crippen LogP) is 1.88. The molecule has 1 amide bonds. The van der Waals surface area contributed by atoms with Crippen molar-refractivity contribution in [2.24, 2.45) is 11.7 Å². The molecule has 0 aliphatic carbocycles. The maximum atomic E-state index is 11.8. The molecule has 0 bridgehead atoms. The highest BCUT2D eigenvalue weighted by molar-refractivity contribution is 7.85. The zero-order chi connectivity index (χ0) is 14.3. The largest absolute Gasteiger partial charge is 0.326 e. The van der Waals surface area contributed by atoms with E-state index in [1.165, 1.54) is 0 Å². The number of benzene rings is 1. The smallest absolute Gasteiger partial charge is 0.236 e. The highest BCUT2D eigenvalue weighted by atomic mass is 32.2. The summed E-state index contributed by atoms with van der Waals surface area (Å²) in [5.41, 5.74) is 7.18. The zero-order valence-electron chi connectivity index (χ0n) is 11.5. The number of para-hydroxylation sites is 1. The first kappa shape index (κ1) is 15.9. The van der Waals surface area contributed by atoms with Gasteiger partial charge in [0.05, 0.1) is 0 Å². The first-order valence-electron chi connectivity index (χ1n) is 6.45. The van der Waals surface area contributed by atoms with E-state index in [2.05, 4.69) is 19.2 Å². The molecule has 3 N–H and O–H groups in total. The summed E-state index contributed by atoms with van der Waals surface area (Å²) in [6, 6.07) is 7.38. The van der Waals surface area contributed by atoms with Crippen molar-refractivity contribution in [3.05, 3.63) is 29.8 Å². The maximum Gasteiger partial charge on any atom is 0.236 e. The van der Waals surface area contributed by atoms with Crippen LogP contribution in [0, 0.1) is 5.92 Å². The van der Waals surface area contributed by atoms with E-state index in [-0.39, 0.29) is 11.7 Å². The van der Waals surface area contributed by atoms with E-state index in [1.807, 2.05) is 18.2 Å². The molecule has 5 heteroatoms. The Morgan fingerprint density at radius 1 is 1.37 bits per heavy atom. The van der Waals surface area contributed by atoms with Crippen molar-refractivity contribution in [3.8, 4) is 0 Å². The predicted molar refractivity (Wildman–Crippen MR) is 80.3 cm³/mol. The van der Waals surface area contributed by atoms with Crippen LogP contribution in [0.15, 0.2) is 24.3 Å². The Bertz CT molecular complexity index is 447. The van der Waals surface area contributed by atoms with E-state index in [4.69, 9.17) is 5.73 Å². The normalized spacial score (nSPS) is 12.4. The fourth-order valence-electron chi connectivity index (χ4n) is 1.59. The topological polar surface area (TPSA) is 72.2 Å². The Morgan fingerprint density at radius 2 is 2.05 bits per heavy atom. The molecule has 0 saturated heterocycles. The summed E-state index contributed by atoms with van der Waals surface area (Å²) in [5, 5.41) is 2.77. The van der Waals surface area contributed by atoms with Crippen LogP contribution in [0.25, 0.3) is 0 Å². The third-order valence-corrected chi connectivity index (χ3v) is 4.00. The van der Waals surface area contributed by atoms with Gasteiger partial charge in [-0.2, -0.15) is 0 Å². The van der Waals surface area contributed by atoms with Crippen LogP contribution in [0.4, 0.5) is 5.69 Å². The Hall–Kier alpha value is -1.20. The van der Waals surface area contributed by atoms with Gasteiger partial charge in [0.1, 0.15) is 5.75 Å². The number of rotatable bonds is 7. The average Bonchev–Trinajstić information content (AvgIpc) is 2.37. The van der Waals surface area contributed by atoms with Gasteiger partial charge < -0.3 is 11.1 Å². The van der Waals surface area contributed by atoms with Crippen LogP contribution in [0.5, 0.6) is 0 Å². The van der Waals surface area contributed by atoms with E-state index in [1.54, 1.807) is 6.07 Å². The van der Waals surface area contributed by atoms with Gasteiger partial charge in [0.15, 0.2) is 0 Å². The minimum Gasteiger partial charge on any atom is -0.326 e. The van der Waals surface area contributed by atoms with Gasteiger partial charge in [-0.25, -0.2) is 0 Å². The number of nitrogens with one attached hydrogen (secondary N) is 1. The lowest BCUT2D eigenvalue weighted by Gasteiger charge is -2.09. The van der Waals surface area contributed by atoms with E-state index >= 15 is 0 Å². The number of hydrogen-bond donors (Lipinski definition) is 2. The molecule has 0 radical (unpaired) electrons.